The third kappa shape index (κ3) is 2.27. The Balaban J connectivity index is 1.77. The van der Waals surface area contributed by atoms with E-state index in [2.05, 4.69) is 31.0 Å². The van der Waals surface area contributed by atoms with E-state index in [0.717, 1.165) is 32.4 Å². The van der Waals surface area contributed by atoms with Crippen molar-refractivity contribution in [2.45, 2.75) is 70.7 Å². The van der Waals surface area contributed by atoms with Crippen molar-refractivity contribution in [2.75, 3.05) is 13.2 Å². The molecular formula is C16H28N2O2. The van der Waals surface area contributed by atoms with E-state index >= 15 is 0 Å². The quantitative estimate of drug-likeness (QED) is 0.861. The Bertz CT molecular complexity index is 377. The highest BCUT2D eigenvalue weighted by Crippen LogP contribution is 2.38. The van der Waals surface area contributed by atoms with Gasteiger partial charge < -0.3 is 9.64 Å². The maximum absolute atomic E-state index is 13.0. The summed E-state index contributed by atoms with van der Waals surface area (Å²) >= 11 is 0. The highest BCUT2D eigenvalue weighted by Gasteiger charge is 2.53. The van der Waals surface area contributed by atoms with Crippen LogP contribution in [0.2, 0.25) is 0 Å². The molecule has 2 aliphatic heterocycles. The van der Waals surface area contributed by atoms with E-state index in [-0.39, 0.29) is 17.8 Å². The Morgan fingerprint density at radius 2 is 2.10 bits per heavy atom. The van der Waals surface area contributed by atoms with Crippen LogP contribution in [0.25, 0.3) is 0 Å². The molecule has 4 heteroatoms. The van der Waals surface area contributed by atoms with Crippen molar-refractivity contribution in [1.82, 2.24) is 10.2 Å². The van der Waals surface area contributed by atoms with E-state index in [0.29, 0.717) is 17.7 Å². The van der Waals surface area contributed by atoms with Crippen molar-refractivity contribution >= 4 is 5.91 Å². The molecule has 3 rings (SSSR count). The van der Waals surface area contributed by atoms with Crippen LogP contribution in [0, 0.1) is 11.8 Å². The van der Waals surface area contributed by atoms with Crippen molar-refractivity contribution in [1.29, 1.82) is 0 Å². The summed E-state index contributed by atoms with van der Waals surface area (Å²) in [7, 11) is 0. The zero-order valence-corrected chi connectivity index (χ0v) is 13.0. The number of amides is 1. The number of carbonyl (C=O) groups excluding carboxylic acids is 1. The van der Waals surface area contributed by atoms with Gasteiger partial charge in [-0.2, -0.15) is 0 Å². The molecule has 114 valence electrons. The number of hydrogen-bond donors (Lipinski definition) is 1. The first-order valence-electron chi connectivity index (χ1n) is 8.24. The summed E-state index contributed by atoms with van der Waals surface area (Å²) in [4.78, 5) is 15.1. The smallest absolute Gasteiger partial charge is 0.244 e. The van der Waals surface area contributed by atoms with Crippen LogP contribution < -0.4 is 5.32 Å². The summed E-state index contributed by atoms with van der Waals surface area (Å²) in [6, 6.07) is 0. The first-order chi connectivity index (χ1) is 9.53. The second-order valence-electron chi connectivity index (χ2n) is 7.20. The number of carbonyl (C=O) groups is 1. The summed E-state index contributed by atoms with van der Waals surface area (Å²) in [5.41, 5.74) is -0.238. The van der Waals surface area contributed by atoms with E-state index in [9.17, 15) is 4.79 Å². The van der Waals surface area contributed by atoms with Gasteiger partial charge in [-0.25, -0.2) is 0 Å². The molecular weight excluding hydrogens is 252 g/mol. The molecule has 2 heterocycles. The molecule has 1 N–H and O–H groups in total. The molecule has 0 radical (unpaired) electrons. The number of nitrogens with one attached hydrogen (secondary N) is 1. The van der Waals surface area contributed by atoms with Crippen LogP contribution in [0.5, 0.6) is 0 Å². The van der Waals surface area contributed by atoms with Crippen LogP contribution in [-0.2, 0) is 9.53 Å². The van der Waals surface area contributed by atoms with Gasteiger partial charge in [0.25, 0.3) is 0 Å². The molecule has 20 heavy (non-hydrogen) atoms. The van der Waals surface area contributed by atoms with Gasteiger partial charge in [0.05, 0.1) is 17.8 Å². The molecule has 4 nitrogen and oxygen atoms in total. The fraction of sp³-hybridized carbons (Fsp3) is 0.938. The monoisotopic (exact) mass is 280 g/mol. The molecule has 0 aromatic heterocycles. The lowest BCUT2D eigenvalue weighted by Gasteiger charge is -2.30. The van der Waals surface area contributed by atoms with Crippen LogP contribution in [0.1, 0.15) is 52.9 Å². The Morgan fingerprint density at radius 3 is 2.65 bits per heavy atom. The van der Waals surface area contributed by atoms with Gasteiger partial charge in [-0.3, -0.25) is 10.1 Å². The molecule has 0 aromatic carbocycles. The van der Waals surface area contributed by atoms with E-state index in [1.54, 1.807) is 0 Å². The molecule has 1 spiro atoms. The molecule has 3 aliphatic rings. The van der Waals surface area contributed by atoms with Gasteiger partial charge >= 0.3 is 0 Å². The lowest BCUT2D eigenvalue weighted by atomic mass is 9.97. The Morgan fingerprint density at radius 1 is 1.40 bits per heavy atom. The van der Waals surface area contributed by atoms with E-state index in [4.69, 9.17) is 4.74 Å². The zero-order chi connectivity index (χ0) is 14.3. The predicted octanol–water partition coefficient (Wildman–Crippen LogP) is 2.14. The number of ether oxygens (including phenoxy) is 1. The molecule has 0 bridgehead atoms. The first kappa shape index (κ1) is 14.3. The van der Waals surface area contributed by atoms with E-state index in [1.165, 1.54) is 12.8 Å². The Kier molecular flexibility index (Phi) is 3.80. The minimum atomic E-state index is -0.238. The van der Waals surface area contributed by atoms with Crippen molar-refractivity contribution in [3.05, 3.63) is 0 Å². The second-order valence-corrected chi connectivity index (χ2v) is 7.20. The topological polar surface area (TPSA) is 41.6 Å². The largest absolute Gasteiger partial charge is 0.378 e. The number of hydrogen-bond acceptors (Lipinski definition) is 3. The van der Waals surface area contributed by atoms with Crippen LogP contribution in [0.15, 0.2) is 0 Å². The highest BCUT2D eigenvalue weighted by atomic mass is 16.5. The maximum atomic E-state index is 13.0. The summed E-state index contributed by atoms with van der Waals surface area (Å²) in [5, 5.41) is 3.69. The average Bonchev–Trinajstić information content (AvgIpc) is 3.08. The number of nitrogens with zero attached hydrogens (tertiary/aromatic N) is 1. The van der Waals surface area contributed by atoms with Crippen molar-refractivity contribution in [3.63, 3.8) is 0 Å². The normalized spacial score (nSPS) is 36.7. The van der Waals surface area contributed by atoms with Crippen molar-refractivity contribution in [2.24, 2.45) is 11.8 Å². The summed E-state index contributed by atoms with van der Waals surface area (Å²) in [6.45, 7) is 8.26. The fourth-order valence-corrected chi connectivity index (χ4v) is 4.15. The van der Waals surface area contributed by atoms with Gasteiger partial charge in [-0.1, -0.05) is 26.7 Å². The van der Waals surface area contributed by atoms with Crippen molar-refractivity contribution < 1.29 is 9.53 Å². The average molecular weight is 280 g/mol. The zero-order valence-electron chi connectivity index (χ0n) is 13.0. The second kappa shape index (κ2) is 5.30. The minimum absolute atomic E-state index is 0.202. The molecule has 0 aromatic rings. The number of rotatable bonds is 3. The predicted molar refractivity (Wildman–Crippen MR) is 78.2 cm³/mol. The highest BCUT2D eigenvalue weighted by molar-refractivity contribution is 5.89. The third-order valence-electron chi connectivity index (χ3n) is 5.48. The molecule has 1 saturated carbocycles. The lowest BCUT2D eigenvalue weighted by Crippen LogP contribution is -2.46. The van der Waals surface area contributed by atoms with Gasteiger partial charge in [0.2, 0.25) is 5.91 Å². The van der Waals surface area contributed by atoms with Crippen LogP contribution in [0.4, 0.5) is 0 Å². The summed E-state index contributed by atoms with van der Waals surface area (Å²) in [5.74, 6) is 1.31. The van der Waals surface area contributed by atoms with Crippen LogP contribution >= 0.6 is 0 Å². The van der Waals surface area contributed by atoms with Gasteiger partial charge in [-0.05, 0) is 32.1 Å². The molecule has 3 atom stereocenters. The molecule has 1 aliphatic carbocycles. The minimum Gasteiger partial charge on any atom is -0.378 e. The Labute approximate surface area is 122 Å². The third-order valence-corrected chi connectivity index (χ3v) is 5.48. The molecule has 1 amide bonds. The maximum Gasteiger partial charge on any atom is 0.244 e. The Hall–Kier alpha value is -0.610. The van der Waals surface area contributed by atoms with Gasteiger partial charge in [-0.15, -0.1) is 0 Å². The van der Waals surface area contributed by atoms with E-state index < -0.39 is 0 Å². The SMILES string of the molecule is CC(C)C1NC2(CCCC2)C(=O)N1CC1CCOC1C. The van der Waals surface area contributed by atoms with Gasteiger partial charge in [0.1, 0.15) is 0 Å². The fourth-order valence-electron chi connectivity index (χ4n) is 4.15. The summed E-state index contributed by atoms with van der Waals surface area (Å²) < 4.78 is 5.67. The molecule has 2 saturated heterocycles. The first-order valence-corrected chi connectivity index (χ1v) is 8.24. The van der Waals surface area contributed by atoms with Gasteiger partial charge in [0, 0.05) is 19.1 Å². The van der Waals surface area contributed by atoms with Crippen LogP contribution in [-0.4, -0.2) is 41.8 Å². The van der Waals surface area contributed by atoms with Crippen LogP contribution in [0.3, 0.4) is 0 Å². The summed E-state index contributed by atoms with van der Waals surface area (Å²) in [6.07, 6.45) is 5.97. The standard InChI is InChI=1S/C16H28N2O2/c1-11(2)14-17-16(7-4-5-8-16)15(19)18(14)10-13-6-9-20-12(13)3/h11-14,17H,4-10H2,1-3H3. The molecule has 3 unspecified atom stereocenters. The van der Waals surface area contributed by atoms with Gasteiger partial charge in [0.15, 0.2) is 0 Å². The lowest BCUT2D eigenvalue weighted by molar-refractivity contribution is -0.134. The van der Waals surface area contributed by atoms with E-state index in [1.807, 2.05) is 0 Å². The molecule has 3 fully saturated rings. The van der Waals surface area contributed by atoms with Crippen molar-refractivity contribution in [3.8, 4) is 0 Å².